The smallest absolute Gasteiger partial charge is 0.138 e. The van der Waals surface area contributed by atoms with Gasteiger partial charge in [-0.1, -0.05) is 59.4 Å². The van der Waals surface area contributed by atoms with Crippen LogP contribution in [0.3, 0.4) is 0 Å². The highest BCUT2D eigenvalue weighted by Gasteiger charge is 2.12. The number of halogens is 4. The van der Waals surface area contributed by atoms with Crippen molar-refractivity contribution in [3.8, 4) is 0 Å². The van der Waals surface area contributed by atoms with E-state index in [2.05, 4.69) is 94.9 Å². The van der Waals surface area contributed by atoms with E-state index >= 15 is 0 Å². The lowest BCUT2D eigenvalue weighted by Crippen LogP contribution is -2.22. The molecule has 0 fully saturated rings. The maximum atomic E-state index is 13.3. The third-order valence-electron chi connectivity index (χ3n) is 8.87. The number of benzene rings is 2. The van der Waals surface area contributed by atoms with Crippen molar-refractivity contribution in [2.45, 2.75) is 86.7 Å². The molecule has 0 amide bonds. The zero-order valence-electron chi connectivity index (χ0n) is 33.1. The highest BCUT2D eigenvalue weighted by atomic mass is 35.5. The molecule has 6 rings (SSSR count). The molecule has 0 radical (unpaired) electrons. The van der Waals surface area contributed by atoms with Crippen LogP contribution in [0.5, 0.6) is 0 Å². The number of aromatic nitrogens is 4. The van der Waals surface area contributed by atoms with E-state index < -0.39 is 0 Å². The minimum absolute atomic E-state index is 0. The molecule has 0 aliphatic heterocycles. The van der Waals surface area contributed by atoms with Gasteiger partial charge in [-0.05, 0) is 112 Å². The molecule has 6 aromatic rings. The second kappa shape index (κ2) is 25.1. The van der Waals surface area contributed by atoms with Crippen molar-refractivity contribution in [3.63, 3.8) is 0 Å². The fourth-order valence-electron chi connectivity index (χ4n) is 6.11. The van der Waals surface area contributed by atoms with Crippen LogP contribution in [0, 0.1) is 23.5 Å². The van der Waals surface area contributed by atoms with E-state index in [1.54, 1.807) is 59.6 Å². The van der Waals surface area contributed by atoms with Crippen LogP contribution >= 0.6 is 47.5 Å². The van der Waals surface area contributed by atoms with Crippen LogP contribution in [0.4, 0.5) is 20.4 Å². The molecule has 2 aromatic carbocycles. The van der Waals surface area contributed by atoms with Crippen LogP contribution in [0.2, 0.25) is 0 Å². The number of anilines is 2. The van der Waals surface area contributed by atoms with Gasteiger partial charge >= 0.3 is 0 Å². The highest BCUT2D eigenvalue weighted by Crippen LogP contribution is 2.31. The predicted molar refractivity (Wildman–Crippen MR) is 245 cm³/mol. The summed E-state index contributed by atoms with van der Waals surface area (Å²) in [6, 6.07) is 18.2. The molecule has 2 atom stereocenters. The average Bonchev–Trinajstić information content (AvgIpc) is 3.74. The lowest BCUT2D eigenvalue weighted by atomic mass is 10.1. The number of nitrogens with zero attached hydrogens (tertiary/aromatic N) is 4. The minimum atomic E-state index is -0.191. The lowest BCUT2D eigenvalue weighted by Gasteiger charge is -2.14. The molecule has 8 nitrogen and oxygen atoms in total. The van der Waals surface area contributed by atoms with Gasteiger partial charge in [0.25, 0.3) is 0 Å². The molecule has 0 spiro atoms. The highest BCUT2D eigenvalue weighted by molar-refractivity contribution is 7.19. The van der Waals surface area contributed by atoms with Crippen molar-refractivity contribution < 1.29 is 8.78 Å². The zero-order valence-corrected chi connectivity index (χ0v) is 36.3. The third-order valence-corrected chi connectivity index (χ3v) is 11.0. The Morgan fingerprint density at radius 3 is 1.33 bits per heavy atom. The first kappa shape index (κ1) is 49.6. The van der Waals surface area contributed by atoms with Crippen LogP contribution in [0.1, 0.15) is 94.8 Å². The molecule has 0 aliphatic rings. The number of rotatable bonds is 18. The van der Waals surface area contributed by atoms with E-state index in [0.29, 0.717) is 11.8 Å². The lowest BCUT2D eigenvalue weighted by molar-refractivity contribution is 0.557. The summed E-state index contributed by atoms with van der Waals surface area (Å²) < 4.78 is 26.6. The Labute approximate surface area is 358 Å². The summed E-state index contributed by atoms with van der Waals surface area (Å²) in [5, 5.41) is 16.0. The number of hydrogen-bond acceptors (Lipinski definition) is 10. The molecule has 57 heavy (non-hydrogen) atoms. The average molecular weight is 862 g/mol. The van der Waals surface area contributed by atoms with Crippen molar-refractivity contribution in [2.75, 3.05) is 36.8 Å². The second-order valence-electron chi connectivity index (χ2n) is 14.5. The summed E-state index contributed by atoms with van der Waals surface area (Å²) in [6.45, 7) is 16.4. The Kier molecular flexibility index (Phi) is 21.8. The summed E-state index contributed by atoms with van der Waals surface area (Å²) in [5.41, 5.74) is 1.94. The number of hydrogen-bond donors (Lipinski definition) is 4. The molecular weight excluding hydrogens is 802 g/mol. The first-order chi connectivity index (χ1) is 26.0. The molecule has 2 unspecified atom stereocenters. The number of nitrogens with one attached hydrogen (secondary N) is 4. The maximum absolute atomic E-state index is 13.3. The van der Waals surface area contributed by atoms with Crippen LogP contribution in [-0.2, 0) is 12.8 Å². The molecule has 0 bridgehead atoms. The fourth-order valence-corrected chi connectivity index (χ4v) is 8.53. The van der Waals surface area contributed by atoms with Gasteiger partial charge in [-0.3, -0.25) is 0 Å². The summed E-state index contributed by atoms with van der Waals surface area (Å²) in [4.78, 5) is 22.4. The Balaban J connectivity index is 0.000000374. The molecule has 14 heteroatoms. The predicted octanol–water partition coefficient (Wildman–Crippen LogP) is 11.8. The molecular formula is C43H60Cl2F2N8S2. The van der Waals surface area contributed by atoms with E-state index in [-0.39, 0.29) is 56.0 Å². The summed E-state index contributed by atoms with van der Waals surface area (Å²) in [5.74, 6) is 2.70. The van der Waals surface area contributed by atoms with Crippen LogP contribution in [0.25, 0.3) is 20.4 Å². The topological polar surface area (TPSA) is 99.7 Å². The van der Waals surface area contributed by atoms with Gasteiger partial charge in [-0.2, -0.15) is 0 Å². The third kappa shape index (κ3) is 15.6. The van der Waals surface area contributed by atoms with Gasteiger partial charge in [-0.25, -0.2) is 28.7 Å². The van der Waals surface area contributed by atoms with Crippen molar-refractivity contribution in [1.29, 1.82) is 0 Å². The van der Waals surface area contributed by atoms with E-state index in [1.165, 1.54) is 21.9 Å². The van der Waals surface area contributed by atoms with Crippen molar-refractivity contribution in [3.05, 3.63) is 106 Å². The number of fused-ring (bicyclic) bond motifs is 2. The van der Waals surface area contributed by atoms with E-state index in [9.17, 15) is 8.78 Å². The molecule has 4 heterocycles. The van der Waals surface area contributed by atoms with Gasteiger partial charge in [0.2, 0.25) is 0 Å². The monoisotopic (exact) mass is 860 g/mol. The Hall–Kier alpha value is -3.52. The van der Waals surface area contributed by atoms with Gasteiger partial charge < -0.3 is 21.3 Å². The van der Waals surface area contributed by atoms with Crippen molar-refractivity contribution in [1.82, 2.24) is 30.6 Å². The van der Waals surface area contributed by atoms with Gasteiger partial charge in [0.05, 0.1) is 10.8 Å². The van der Waals surface area contributed by atoms with Crippen LogP contribution < -0.4 is 21.3 Å². The van der Waals surface area contributed by atoms with Gasteiger partial charge in [0.15, 0.2) is 0 Å². The molecule has 0 saturated heterocycles. The zero-order chi connectivity index (χ0) is 38.5. The van der Waals surface area contributed by atoms with Crippen molar-refractivity contribution in [2.24, 2.45) is 11.8 Å². The molecule has 4 N–H and O–H groups in total. The van der Waals surface area contributed by atoms with E-state index in [4.69, 9.17) is 0 Å². The van der Waals surface area contributed by atoms with Crippen LogP contribution in [-0.4, -0.2) is 46.1 Å². The summed E-state index contributed by atoms with van der Waals surface area (Å²) in [6.07, 6.45) is 7.31. The Morgan fingerprint density at radius 2 is 0.965 bits per heavy atom. The Morgan fingerprint density at radius 1 is 0.561 bits per heavy atom. The molecule has 312 valence electrons. The fraction of sp³-hybridized carbons (Fsp3) is 0.442. The normalized spacial score (nSPS) is 12.0. The Bertz CT molecular complexity index is 1910. The minimum Gasteiger partial charge on any atom is -0.369 e. The van der Waals surface area contributed by atoms with Gasteiger partial charge in [0, 0.05) is 34.9 Å². The summed E-state index contributed by atoms with van der Waals surface area (Å²) >= 11 is 3.50. The quantitative estimate of drug-likeness (QED) is 0.0634. The van der Waals surface area contributed by atoms with Gasteiger partial charge in [0.1, 0.15) is 45.6 Å². The van der Waals surface area contributed by atoms with Crippen LogP contribution in [0.15, 0.2) is 73.3 Å². The second-order valence-corrected chi connectivity index (χ2v) is 16.8. The number of thiophene rings is 2. The first-order valence-electron chi connectivity index (χ1n) is 19.0. The standard InChI is InChI=1S/2C21H27FN4S.CH4.2ClH/c2*1-14(2)10-18-12-19-20(25-13-26-21(19)27-18)24-9-5-8-23-15(3)16-6-4-7-17(22)11-16;;;/h2*4,6-7,11-15,23H,5,8-10H2,1-3H3,(H,24,25,26);1H4;2*1H. The SMILES string of the molecule is C.CC(C)Cc1cc2c(NCCCNC(C)c3cccc(F)c3)ncnc2s1.CC(C)Cc1cc2c(NCCCNC(C)c3cccc(F)c3)ncnc2s1.Cl.Cl. The van der Waals surface area contributed by atoms with E-state index in [0.717, 1.165) is 95.1 Å². The first-order valence-corrected chi connectivity index (χ1v) is 20.6. The molecule has 0 aliphatic carbocycles. The molecule has 0 saturated carbocycles. The molecule has 4 aromatic heterocycles. The largest absolute Gasteiger partial charge is 0.369 e. The van der Waals surface area contributed by atoms with E-state index in [1.807, 2.05) is 12.1 Å². The maximum Gasteiger partial charge on any atom is 0.138 e. The summed E-state index contributed by atoms with van der Waals surface area (Å²) in [7, 11) is 0. The van der Waals surface area contributed by atoms with Crippen molar-refractivity contribution >= 4 is 79.6 Å². The van der Waals surface area contributed by atoms with Gasteiger partial charge in [-0.15, -0.1) is 47.5 Å².